The molecule has 1 aromatic heterocycles. The van der Waals surface area contributed by atoms with Crippen LogP contribution in [0.1, 0.15) is 23.1 Å². The zero-order valence-electron chi connectivity index (χ0n) is 14.2. The topological polar surface area (TPSA) is 59.8 Å². The fraction of sp³-hybridized carbons (Fsp3) is 0.167. The molecule has 1 heterocycles. The van der Waals surface area contributed by atoms with E-state index in [1.54, 1.807) is 28.8 Å². The highest BCUT2D eigenvalue weighted by Gasteiger charge is 2.16. The van der Waals surface area contributed by atoms with Crippen LogP contribution in [0.4, 0.5) is 4.39 Å². The van der Waals surface area contributed by atoms with Gasteiger partial charge in [-0.05, 0) is 48.2 Å². The SMILES string of the molecule is CCSc1nnc(CNC(=O)c2ccc(Cl)cc2Cl)n1-c1ccc(F)cc1. The van der Waals surface area contributed by atoms with Gasteiger partial charge in [0, 0.05) is 10.7 Å². The van der Waals surface area contributed by atoms with Gasteiger partial charge in [0.25, 0.3) is 5.91 Å². The van der Waals surface area contributed by atoms with Crippen LogP contribution in [0.5, 0.6) is 0 Å². The van der Waals surface area contributed by atoms with Gasteiger partial charge in [-0.2, -0.15) is 0 Å². The monoisotopic (exact) mass is 424 g/mol. The van der Waals surface area contributed by atoms with Gasteiger partial charge in [0.2, 0.25) is 0 Å². The maximum Gasteiger partial charge on any atom is 0.253 e. The van der Waals surface area contributed by atoms with Crippen molar-refractivity contribution in [1.29, 1.82) is 0 Å². The lowest BCUT2D eigenvalue weighted by molar-refractivity contribution is 0.0950. The second-order valence-electron chi connectivity index (χ2n) is 5.45. The van der Waals surface area contributed by atoms with Gasteiger partial charge in [-0.1, -0.05) is 41.9 Å². The van der Waals surface area contributed by atoms with Crippen LogP contribution >= 0.6 is 35.0 Å². The number of carbonyl (C=O) groups is 1. The zero-order valence-corrected chi connectivity index (χ0v) is 16.6. The predicted octanol–water partition coefficient (Wildman–Crippen LogP) is 4.76. The van der Waals surface area contributed by atoms with Crippen LogP contribution in [0.2, 0.25) is 10.0 Å². The van der Waals surface area contributed by atoms with Crippen molar-refractivity contribution in [3.63, 3.8) is 0 Å². The first kappa shape index (κ1) is 19.7. The van der Waals surface area contributed by atoms with E-state index in [0.29, 0.717) is 27.3 Å². The molecule has 140 valence electrons. The van der Waals surface area contributed by atoms with Crippen LogP contribution in [-0.4, -0.2) is 26.4 Å². The first-order valence-corrected chi connectivity index (χ1v) is 9.80. The lowest BCUT2D eigenvalue weighted by Crippen LogP contribution is -2.25. The van der Waals surface area contributed by atoms with Crippen molar-refractivity contribution >= 4 is 40.9 Å². The Hall–Kier alpha value is -2.09. The number of nitrogens with one attached hydrogen (secondary N) is 1. The Morgan fingerprint density at radius 1 is 1.19 bits per heavy atom. The number of hydrogen-bond donors (Lipinski definition) is 1. The second-order valence-corrected chi connectivity index (χ2v) is 7.53. The van der Waals surface area contributed by atoms with E-state index in [9.17, 15) is 9.18 Å². The molecule has 0 fully saturated rings. The molecule has 0 spiro atoms. The quantitative estimate of drug-likeness (QED) is 0.579. The molecule has 2 aromatic carbocycles. The molecular formula is C18H15Cl2FN4OS. The summed E-state index contributed by atoms with van der Waals surface area (Å²) in [5, 5.41) is 12.5. The van der Waals surface area contributed by atoms with Crippen LogP contribution in [0.15, 0.2) is 47.6 Å². The summed E-state index contributed by atoms with van der Waals surface area (Å²) >= 11 is 13.4. The van der Waals surface area contributed by atoms with Crippen molar-refractivity contribution in [2.45, 2.75) is 18.6 Å². The highest BCUT2D eigenvalue weighted by atomic mass is 35.5. The summed E-state index contributed by atoms with van der Waals surface area (Å²) in [7, 11) is 0. The average Bonchev–Trinajstić information content (AvgIpc) is 3.03. The van der Waals surface area contributed by atoms with Crippen molar-refractivity contribution in [1.82, 2.24) is 20.1 Å². The van der Waals surface area contributed by atoms with Crippen molar-refractivity contribution in [3.8, 4) is 5.69 Å². The number of hydrogen-bond acceptors (Lipinski definition) is 4. The van der Waals surface area contributed by atoms with E-state index in [2.05, 4.69) is 15.5 Å². The number of thioether (sulfide) groups is 1. The lowest BCUT2D eigenvalue weighted by Gasteiger charge is -2.11. The molecule has 0 aliphatic heterocycles. The Morgan fingerprint density at radius 2 is 1.93 bits per heavy atom. The summed E-state index contributed by atoms with van der Waals surface area (Å²) in [5.74, 6) is 0.640. The molecular weight excluding hydrogens is 410 g/mol. The van der Waals surface area contributed by atoms with Gasteiger partial charge in [0.05, 0.1) is 17.1 Å². The lowest BCUT2D eigenvalue weighted by atomic mass is 10.2. The molecule has 0 bridgehead atoms. The standard InChI is InChI=1S/C18H15Cl2FN4OS/c1-2-27-18-24-23-16(25(18)13-6-4-12(21)5-7-13)10-22-17(26)14-8-3-11(19)9-15(14)20/h3-9H,2,10H2,1H3,(H,22,26). The third-order valence-electron chi connectivity index (χ3n) is 3.64. The summed E-state index contributed by atoms with van der Waals surface area (Å²) in [5.41, 5.74) is 1.03. The first-order valence-electron chi connectivity index (χ1n) is 8.06. The van der Waals surface area contributed by atoms with Crippen LogP contribution in [0.25, 0.3) is 5.69 Å². The number of nitrogens with zero attached hydrogens (tertiary/aromatic N) is 3. The van der Waals surface area contributed by atoms with Crippen LogP contribution in [0.3, 0.4) is 0 Å². The first-order chi connectivity index (χ1) is 13.0. The Labute approximate surface area is 169 Å². The molecule has 9 heteroatoms. The van der Waals surface area contributed by atoms with Crippen LogP contribution < -0.4 is 5.32 Å². The van der Waals surface area contributed by atoms with Crippen molar-refractivity contribution in [2.75, 3.05) is 5.75 Å². The van der Waals surface area contributed by atoms with Crippen molar-refractivity contribution in [2.24, 2.45) is 0 Å². The summed E-state index contributed by atoms with van der Waals surface area (Å²) < 4.78 is 15.0. The maximum atomic E-state index is 13.3. The molecule has 0 aliphatic rings. The third kappa shape index (κ3) is 4.61. The van der Waals surface area contributed by atoms with Gasteiger partial charge in [0.1, 0.15) is 5.82 Å². The fourth-order valence-electron chi connectivity index (χ4n) is 2.42. The zero-order chi connectivity index (χ0) is 19.4. The molecule has 3 aromatic rings. The Balaban J connectivity index is 1.84. The van der Waals surface area contributed by atoms with Gasteiger partial charge in [0.15, 0.2) is 11.0 Å². The Bertz CT molecular complexity index is 962. The van der Waals surface area contributed by atoms with E-state index >= 15 is 0 Å². The van der Waals surface area contributed by atoms with Crippen LogP contribution in [-0.2, 0) is 6.54 Å². The molecule has 0 aliphatic carbocycles. The largest absolute Gasteiger partial charge is 0.345 e. The minimum Gasteiger partial charge on any atom is -0.345 e. The van der Waals surface area contributed by atoms with E-state index in [1.807, 2.05) is 6.92 Å². The van der Waals surface area contributed by atoms with Crippen molar-refractivity contribution < 1.29 is 9.18 Å². The number of carbonyl (C=O) groups excluding carboxylic acids is 1. The maximum absolute atomic E-state index is 13.3. The third-order valence-corrected chi connectivity index (χ3v) is 5.00. The molecule has 0 saturated heterocycles. The normalized spacial score (nSPS) is 10.8. The summed E-state index contributed by atoms with van der Waals surface area (Å²) in [6, 6.07) is 10.7. The highest BCUT2D eigenvalue weighted by molar-refractivity contribution is 7.99. The molecule has 5 nitrogen and oxygen atoms in total. The van der Waals surface area contributed by atoms with Gasteiger partial charge < -0.3 is 5.32 Å². The average molecular weight is 425 g/mol. The van der Waals surface area contributed by atoms with E-state index in [-0.39, 0.29) is 23.3 Å². The van der Waals surface area contributed by atoms with Gasteiger partial charge >= 0.3 is 0 Å². The van der Waals surface area contributed by atoms with E-state index in [4.69, 9.17) is 23.2 Å². The molecule has 1 N–H and O–H groups in total. The Kier molecular flexibility index (Phi) is 6.36. The number of aromatic nitrogens is 3. The van der Waals surface area contributed by atoms with Crippen LogP contribution in [0, 0.1) is 5.82 Å². The molecule has 1 amide bonds. The molecule has 3 rings (SSSR count). The molecule has 27 heavy (non-hydrogen) atoms. The molecule has 0 atom stereocenters. The summed E-state index contributed by atoms with van der Waals surface area (Å²) in [6.07, 6.45) is 0. The van der Waals surface area contributed by atoms with E-state index in [1.165, 1.54) is 30.0 Å². The highest BCUT2D eigenvalue weighted by Crippen LogP contribution is 2.23. The number of halogens is 3. The fourth-order valence-corrected chi connectivity index (χ4v) is 3.61. The van der Waals surface area contributed by atoms with Gasteiger partial charge in [-0.3, -0.25) is 9.36 Å². The second kappa shape index (κ2) is 8.73. The number of benzene rings is 2. The summed E-state index contributed by atoms with van der Waals surface area (Å²) in [6.45, 7) is 2.13. The van der Waals surface area contributed by atoms with E-state index in [0.717, 1.165) is 5.75 Å². The van der Waals surface area contributed by atoms with Gasteiger partial charge in [-0.15, -0.1) is 10.2 Å². The van der Waals surface area contributed by atoms with Gasteiger partial charge in [-0.25, -0.2) is 4.39 Å². The Morgan fingerprint density at radius 3 is 2.59 bits per heavy atom. The van der Waals surface area contributed by atoms with Crippen molar-refractivity contribution in [3.05, 3.63) is 69.7 Å². The molecule has 0 saturated carbocycles. The minimum absolute atomic E-state index is 0.131. The van der Waals surface area contributed by atoms with E-state index < -0.39 is 0 Å². The predicted molar refractivity (Wildman–Crippen MR) is 105 cm³/mol. The number of rotatable bonds is 6. The minimum atomic E-state index is -0.352. The smallest absolute Gasteiger partial charge is 0.253 e. The molecule has 0 unspecified atom stereocenters. The number of amides is 1. The molecule has 0 radical (unpaired) electrons. The summed E-state index contributed by atoms with van der Waals surface area (Å²) in [4.78, 5) is 12.4.